The lowest BCUT2D eigenvalue weighted by Gasteiger charge is -2.08. The van der Waals surface area contributed by atoms with Crippen LogP contribution in [0.3, 0.4) is 0 Å². The van der Waals surface area contributed by atoms with E-state index in [2.05, 4.69) is 15.5 Å². The van der Waals surface area contributed by atoms with Crippen LogP contribution in [-0.4, -0.2) is 21.0 Å². The Morgan fingerprint density at radius 3 is 2.91 bits per heavy atom. The van der Waals surface area contributed by atoms with E-state index >= 15 is 0 Å². The number of anilines is 1. The smallest absolute Gasteiger partial charge is 0.273 e. The molecule has 7 nitrogen and oxygen atoms in total. The lowest BCUT2D eigenvalue weighted by atomic mass is 10.1. The molecule has 3 aromatic rings. The average molecular weight is 296 g/mol. The summed E-state index contributed by atoms with van der Waals surface area (Å²) in [6.45, 7) is 1.56. The van der Waals surface area contributed by atoms with E-state index in [9.17, 15) is 14.9 Å². The minimum absolute atomic E-state index is 0.0714. The molecule has 0 aliphatic heterocycles. The number of hydrogen-bond acceptors (Lipinski definition) is 4. The summed E-state index contributed by atoms with van der Waals surface area (Å²) in [4.78, 5) is 22.8. The van der Waals surface area contributed by atoms with E-state index in [1.165, 1.54) is 12.1 Å². The van der Waals surface area contributed by atoms with Crippen LogP contribution in [0.15, 0.2) is 42.6 Å². The molecule has 2 aromatic carbocycles. The van der Waals surface area contributed by atoms with Crippen LogP contribution in [0.25, 0.3) is 10.9 Å². The normalized spacial score (nSPS) is 10.6. The number of benzene rings is 2. The van der Waals surface area contributed by atoms with Crippen LogP contribution in [-0.2, 0) is 0 Å². The zero-order valence-electron chi connectivity index (χ0n) is 11.7. The SMILES string of the molecule is Cc1c(C(=O)Nc2ccc3[nH]ncc3c2)cccc1[N+](=O)[O-]. The van der Waals surface area contributed by atoms with Gasteiger partial charge in [-0.25, -0.2) is 0 Å². The van der Waals surface area contributed by atoms with Crippen molar-refractivity contribution in [1.29, 1.82) is 0 Å². The Bertz CT molecular complexity index is 885. The van der Waals surface area contributed by atoms with E-state index in [1.54, 1.807) is 37.4 Å². The fourth-order valence-corrected chi connectivity index (χ4v) is 2.29. The van der Waals surface area contributed by atoms with E-state index in [-0.39, 0.29) is 17.2 Å². The molecule has 3 rings (SSSR count). The molecular weight excluding hydrogens is 284 g/mol. The molecule has 0 spiro atoms. The van der Waals surface area contributed by atoms with Crippen molar-refractivity contribution in [3.05, 3.63) is 63.8 Å². The van der Waals surface area contributed by atoms with Gasteiger partial charge in [0.25, 0.3) is 11.6 Å². The lowest BCUT2D eigenvalue weighted by Crippen LogP contribution is -2.14. The molecule has 0 saturated heterocycles. The molecule has 1 aromatic heterocycles. The van der Waals surface area contributed by atoms with Gasteiger partial charge in [-0.05, 0) is 31.2 Å². The van der Waals surface area contributed by atoms with Crippen LogP contribution in [0.1, 0.15) is 15.9 Å². The maximum atomic E-state index is 12.3. The number of rotatable bonds is 3. The van der Waals surface area contributed by atoms with E-state index in [4.69, 9.17) is 0 Å². The second-order valence-corrected chi connectivity index (χ2v) is 4.83. The van der Waals surface area contributed by atoms with Gasteiger partial charge in [0.15, 0.2) is 0 Å². The van der Waals surface area contributed by atoms with Crippen LogP contribution in [0.2, 0.25) is 0 Å². The van der Waals surface area contributed by atoms with Crippen LogP contribution in [0.5, 0.6) is 0 Å². The molecule has 1 heterocycles. The summed E-state index contributed by atoms with van der Waals surface area (Å²) in [5.74, 6) is -0.385. The maximum Gasteiger partial charge on any atom is 0.273 e. The van der Waals surface area contributed by atoms with Gasteiger partial charge in [-0.2, -0.15) is 5.10 Å². The van der Waals surface area contributed by atoms with Crippen molar-refractivity contribution in [3.63, 3.8) is 0 Å². The van der Waals surface area contributed by atoms with Gasteiger partial charge >= 0.3 is 0 Å². The lowest BCUT2D eigenvalue weighted by molar-refractivity contribution is -0.385. The molecule has 0 saturated carbocycles. The Morgan fingerprint density at radius 2 is 2.14 bits per heavy atom. The number of H-pyrrole nitrogens is 1. The van der Waals surface area contributed by atoms with Crippen molar-refractivity contribution in [2.45, 2.75) is 6.92 Å². The number of aromatic nitrogens is 2. The van der Waals surface area contributed by atoms with Crippen molar-refractivity contribution >= 4 is 28.2 Å². The molecule has 1 amide bonds. The van der Waals surface area contributed by atoms with Crippen LogP contribution in [0, 0.1) is 17.0 Å². The Morgan fingerprint density at radius 1 is 1.32 bits per heavy atom. The second kappa shape index (κ2) is 5.28. The second-order valence-electron chi connectivity index (χ2n) is 4.83. The summed E-state index contributed by atoms with van der Waals surface area (Å²) in [6.07, 6.45) is 1.66. The Labute approximate surface area is 125 Å². The average Bonchev–Trinajstić information content (AvgIpc) is 2.94. The highest BCUT2D eigenvalue weighted by molar-refractivity contribution is 6.06. The number of nitro benzene ring substituents is 1. The molecular formula is C15H12N4O3. The van der Waals surface area contributed by atoms with Crippen LogP contribution < -0.4 is 5.32 Å². The number of nitrogens with one attached hydrogen (secondary N) is 2. The van der Waals surface area contributed by atoms with E-state index in [0.29, 0.717) is 11.3 Å². The molecule has 0 unspecified atom stereocenters. The van der Waals surface area contributed by atoms with Crippen molar-refractivity contribution in [1.82, 2.24) is 10.2 Å². The first-order chi connectivity index (χ1) is 10.6. The first-order valence-electron chi connectivity index (χ1n) is 6.55. The molecule has 0 aliphatic carbocycles. The van der Waals surface area contributed by atoms with E-state index in [0.717, 1.165) is 10.9 Å². The van der Waals surface area contributed by atoms with Gasteiger partial charge in [-0.1, -0.05) is 6.07 Å². The number of aromatic amines is 1. The number of nitrogens with zero attached hydrogens (tertiary/aromatic N) is 2. The van der Waals surface area contributed by atoms with Crippen molar-refractivity contribution in [2.24, 2.45) is 0 Å². The number of hydrogen-bond donors (Lipinski definition) is 2. The molecule has 0 fully saturated rings. The predicted molar refractivity (Wildman–Crippen MR) is 81.9 cm³/mol. The topological polar surface area (TPSA) is 101 Å². The standard InChI is InChI=1S/C15H12N4O3/c1-9-12(3-2-4-14(9)19(21)22)15(20)17-11-5-6-13-10(7-11)8-16-18-13/h2-8H,1H3,(H,16,18)(H,17,20). The third-order valence-corrected chi connectivity index (χ3v) is 3.44. The summed E-state index contributed by atoms with van der Waals surface area (Å²) < 4.78 is 0. The summed E-state index contributed by atoms with van der Waals surface area (Å²) in [6, 6.07) is 9.77. The van der Waals surface area contributed by atoms with Gasteiger partial charge in [0, 0.05) is 28.3 Å². The highest BCUT2D eigenvalue weighted by Gasteiger charge is 2.18. The molecule has 2 N–H and O–H groups in total. The first kappa shape index (κ1) is 13.7. The number of carbonyl (C=O) groups is 1. The Kier molecular flexibility index (Phi) is 3.30. The summed E-state index contributed by atoms with van der Waals surface area (Å²) in [5.41, 5.74) is 2.02. The molecule has 0 radical (unpaired) electrons. The molecule has 0 bridgehead atoms. The third-order valence-electron chi connectivity index (χ3n) is 3.44. The van der Waals surface area contributed by atoms with Gasteiger partial charge < -0.3 is 5.32 Å². The van der Waals surface area contributed by atoms with E-state index < -0.39 is 4.92 Å². The number of fused-ring (bicyclic) bond motifs is 1. The summed E-state index contributed by atoms with van der Waals surface area (Å²) >= 11 is 0. The zero-order chi connectivity index (χ0) is 15.7. The largest absolute Gasteiger partial charge is 0.322 e. The van der Waals surface area contributed by atoms with Crippen molar-refractivity contribution < 1.29 is 9.72 Å². The summed E-state index contributed by atoms with van der Waals surface area (Å²) in [7, 11) is 0. The monoisotopic (exact) mass is 296 g/mol. The van der Waals surface area contributed by atoms with Gasteiger partial charge in [-0.3, -0.25) is 20.0 Å². The zero-order valence-corrected chi connectivity index (χ0v) is 11.7. The van der Waals surface area contributed by atoms with Crippen LogP contribution in [0.4, 0.5) is 11.4 Å². The minimum atomic E-state index is -0.496. The van der Waals surface area contributed by atoms with E-state index in [1.807, 2.05) is 0 Å². The van der Waals surface area contributed by atoms with Crippen LogP contribution >= 0.6 is 0 Å². The Balaban J connectivity index is 1.91. The van der Waals surface area contributed by atoms with Gasteiger partial charge in [-0.15, -0.1) is 0 Å². The molecule has 7 heteroatoms. The first-order valence-corrected chi connectivity index (χ1v) is 6.55. The number of nitro groups is 1. The maximum absolute atomic E-state index is 12.3. The molecule has 110 valence electrons. The molecule has 22 heavy (non-hydrogen) atoms. The fourth-order valence-electron chi connectivity index (χ4n) is 2.29. The Hall–Kier alpha value is -3.22. The highest BCUT2D eigenvalue weighted by atomic mass is 16.6. The van der Waals surface area contributed by atoms with Crippen molar-refractivity contribution in [3.8, 4) is 0 Å². The predicted octanol–water partition coefficient (Wildman–Crippen LogP) is 3.03. The number of amides is 1. The quantitative estimate of drug-likeness (QED) is 0.573. The summed E-state index contributed by atoms with van der Waals surface area (Å²) in [5, 5.41) is 21.3. The number of carbonyl (C=O) groups excluding carboxylic acids is 1. The molecule has 0 atom stereocenters. The minimum Gasteiger partial charge on any atom is -0.322 e. The van der Waals surface area contributed by atoms with Crippen molar-refractivity contribution in [2.75, 3.05) is 5.32 Å². The van der Waals surface area contributed by atoms with Gasteiger partial charge in [0.2, 0.25) is 0 Å². The van der Waals surface area contributed by atoms with Gasteiger partial charge in [0.05, 0.1) is 16.6 Å². The molecule has 0 aliphatic rings. The highest BCUT2D eigenvalue weighted by Crippen LogP contribution is 2.23. The fraction of sp³-hybridized carbons (Fsp3) is 0.0667. The van der Waals surface area contributed by atoms with Gasteiger partial charge in [0.1, 0.15) is 0 Å². The third kappa shape index (κ3) is 2.39.